The summed E-state index contributed by atoms with van der Waals surface area (Å²) in [5.74, 6) is -0.0600. The molecule has 0 radical (unpaired) electrons. The molecule has 4 saturated carbocycles. The summed E-state index contributed by atoms with van der Waals surface area (Å²) in [7, 11) is 0. The zero-order chi connectivity index (χ0) is 32.7. The molecule has 6 aliphatic carbocycles. The van der Waals surface area contributed by atoms with Crippen molar-refractivity contribution in [2.45, 2.75) is 131 Å². The molecule has 0 aliphatic heterocycles. The standard InChI is InChI=1S/C39H56O6/c1-23-14-17-35(3)20-21-37(5)27(32(35)24(23)2)22-28(41)33-36(4)18-16-30(39(7,34(43)44)29(36)15-19-38(33,37)6)45-31(42)13-10-25-8-11-26(40)12-9-25/h8-9,11,22-24,26,29-30,32-33,40H,10,12-21H2,1-7H3,(H,43,44)/t23-,24+,26?,29?,30-,32?,33?,35-,36+,37-,38-,39-/m1/s1. The maximum absolute atomic E-state index is 14.6. The van der Waals surface area contributed by atoms with Gasteiger partial charge < -0.3 is 14.9 Å². The molecule has 2 N–H and O–H groups in total. The first-order valence-corrected chi connectivity index (χ1v) is 17.8. The van der Waals surface area contributed by atoms with Crippen LogP contribution < -0.4 is 0 Å². The molecule has 0 spiro atoms. The third kappa shape index (κ3) is 4.69. The Labute approximate surface area is 270 Å². The Morgan fingerprint density at radius 3 is 2.38 bits per heavy atom. The van der Waals surface area contributed by atoms with Crippen molar-refractivity contribution >= 4 is 17.7 Å². The normalized spacial score (nSPS) is 49.0. The van der Waals surface area contributed by atoms with Gasteiger partial charge >= 0.3 is 11.9 Å². The van der Waals surface area contributed by atoms with E-state index in [2.05, 4.69) is 47.6 Å². The van der Waals surface area contributed by atoms with Crippen molar-refractivity contribution < 1.29 is 29.3 Å². The van der Waals surface area contributed by atoms with Gasteiger partial charge in [0.15, 0.2) is 5.78 Å². The lowest BCUT2D eigenvalue weighted by Crippen LogP contribution is -2.68. The molecule has 0 bridgehead atoms. The number of carboxylic acid groups (broad SMARTS) is 1. The quantitative estimate of drug-likeness (QED) is 0.304. The first-order valence-electron chi connectivity index (χ1n) is 17.8. The number of aliphatic carboxylic acids is 1. The zero-order valence-corrected chi connectivity index (χ0v) is 28.7. The third-order valence-electron chi connectivity index (χ3n) is 15.2. The summed E-state index contributed by atoms with van der Waals surface area (Å²) in [5.41, 5.74) is 0.476. The van der Waals surface area contributed by atoms with E-state index >= 15 is 0 Å². The molecular formula is C39H56O6. The van der Waals surface area contributed by atoms with Crippen molar-refractivity contribution in [3.63, 3.8) is 0 Å². The van der Waals surface area contributed by atoms with Crippen LogP contribution in [-0.2, 0) is 19.1 Å². The summed E-state index contributed by atoms with van der Waals surface area (Å²) in [6, 6.07) is 0. The van der Waals surface area contributed by atoms with Crippen LogP contribution in [0.25, 0.3) is 0 Å². The monoisotopic (exact) mass is 620 g/mol. The molecule has 0 aromatic rings. The number of aliphatic hydroxyl groups excluding tert-OH is 1. The molecule has 0 aromatic heterocycles. The van der Waals surface area contributed by atoms with Crippen molar-refractivity contribution in [3.05, 3.63) is 35.5 Å². The van der Waals surface area contributed by atoms with Gasteiger partial charge in [-0.25, -0.2) is 0 Å². The second kappa shape index (κ2) is 10.9. The molecule has 4 fully saturated rings. The first-order chi connectivity index (χ1) is 21.0. The van der Waals surface area contributed by atoms with Crippen LogP contribution >= 0.6 is 0 Å². The fourth-order valence-electron chi connectivity index (χ4n) is 12.1. The molecule has 248 valence electrons. The molecule has 45 heavy (non-hydrogen) atoms. The molecule has 0 amide bonds. The van der Waals surface area contributed by atoms with Crippen molar-refractivity contribution in [2.75, 3.05) is 0 Å². The average molecular weight is 621 g/mol. The van der Waals surface area contributed by atoms with Gasteiger partial charge in [0.25, 0.3) is 0 Å². The molecule has 12 atom stereocenters. The second-order valence-corrected chi connectivity index (χ2v) is 17.3. The summed E-state index contributed by atoms with van der Waals surface area (Å²) in [6.45, 7) is 16.0. The predicted molar refractivity (Wildman–Crippen MR) is 174 cm³/mol. The molecule has 6 rings (SSSR count). The van der Waals surface area contributed by atoms with Gasteiger partial charge in [0.1, 0.15) is 11.5 Å². The van der Waals surface area contributed by atoms with E-state index in [1.54, 1.807) is 13.0 Å². The van der Waals surface area contributed by atoms with E-state index in [9.17, 15) is 24.6 Å². The van der Waals surface area contributed by atoms with Gasteiger partial charge in [0.2, 0.25) is 0 Å². The minimum Gasteiger partial charge on any atom is -0.481 e. The SMILES string of the molecule is C[C@@H]1CC[C@]2(C)CC[C@]3(C)C(=CC(=O)C4[C@@]5(C)CC[C@@H](OC(=O)CCC6=CCC(O)C=C6)[C@](C)(C(=O)O)C5CC[C@]43C)C2[C@H]1C. The minimum atomic E-state index is -1.28. The number of ether oxygens (including phenoxy) is 1. The van der Waals surface area contributed by atoms with Gasteiger partial charge in [-0.3, -0.25) is 14.4 Å². The summed E-state index contributed by atoms with van der Waals surface area (Å²) >= 11 is 0. The third-order valence-corrected chi connectivity index (χ3v) is 15.2. The van der Waals surface area contributed by atoms with Crippen LogP contribution in [0, 0.1) is 56.7 Å². The smallest absolute Gasteiger partial charge is 0.313 e. The number of rotatable bonds is 5. The summed E-state index contributed by atoms with van der Waals surface area (Å²) < 4.78 is 6.04. The Balaban J connectivity index is 1.29. The Bertz CT molecular complexity index is 1360. The maximum atomic E-state index is 14.6. The van der Waals surface area contributed by atoms with E-state index in [-0.39, 0.29) is 46.3 Å². The largest absolute Gasteiger partial charge is 0.481 e. The molecule has 0 heterocycles. The maximum Gasteiger partial charge on any atom is 0.313 e. The van der Waals surface area contributed by atoms with Crippen LogP contribution in [0.5, 0.6) is 0 Å². The number of allylic oxidation sites excluding steroid dienone is 4. The van der Waals surface area contributed by atoms with Crippen LogP contribution in [-0.4, -0.2) is 40.1 Å². The lowest BCUT2D eigenvalue weighted by atomic mass is 9.33. The molecule has 6 nitrogen and oxygen atoms in total. The number of hydrogen-bond acceptors (Lipinski definition) is 5. The number of esters is 1. The second-order valence-electron chi connectivity index (χ2n) is 17.3. The van der Waals surface area contributed by atoms with Gasteiger partial charge in [0.05, 0.1) is 6.10 Å². The van der Waals surface area contributed by atoms with Crippen LogP contribution in [0.4, 0.5) is 0 Å². The van der Waals surface area contributed by atoms with Crippen molar-refractivity contribution in [2.24, 2.45) is 56.7 Å². The van der Waals surface area contributed by atoms with Gasteiger partial charge in [-0.05, 0) is 123 Å². The fourth-order valence-corrected chi connectivity index (χ4v) is 12.1. The van der Waals surface area contributed by atoms with E-state index in [0.717, 1.165) is 18.4 Å². The van der Waals surface area contributed by atoms with Crippen LogP contribution in [0.1, 0.15) is 119 Å². The van der Waals surface area contributed by atoms with Gasteiger partial charge in [-0.2, -0.15) is 0 Å². The Kier molecular flexibility index (Phi) is 7.94. The summed E-state index contributed by atoms with van der Waals surface area (Å²) in [4.78, 5) is 41.0. The van der Waals surface area contributed by atoms with Crippen LogP contribution in [0.15, 0.2) is 35.5 Å². The van der Waals surface area contributed by atoms with E-state index < -0.39 is 29.0 Å². The first kappa shape index (κ1) is 32.7. The number of hydrogen-bond donors (Lipinski definition) is 2. The van der Waals surface area contributed by atoms with E-state index in [4.69, 9.17) is 4.74 Å². The lowest BCUT2D eigenvalue weighted by Gasteiger charge is -2.70. The number of fused-ring (bicyclic) bond motifs is 7. The topological polar surface area (TPSA) is 101 Å². The van der Waals surface area contributed by atoms with E-state index in [1.165, 1.54) is 24.8 Å². The number of carbonyl (C=O) groups is 3. The van der Waals surface area contributed by atoms with Crippen LogP contribution in [0.3, 0.4) is 0 Å². The Hall–Kier alpha value is -2.21. The lowest BCUT2D eigenvalue weighted by molar-refractivity contribution is -0.221. The number of carbonyl (C=O) groups excluding carboxylic acids is 2. The van der Waals surface area contributed by atoms with Gasteiger partial charge in [0, 0.05) is 12.3 Å². The Morgan fingerprint density at radius 1 is 0.978 bits per heavy atom. The predicted octanol–water partition coefficient (Wildman–Crippen LogP) is 7.85. The molecule has 0 saturated heterocycles. The minimum absolute atomic E-state index is 0.101. The molecule has 0 aromatic carbocycles. The highest BCUT2D eigenvalue weighted by Gasteiger charge is 2.72. The summed E-state index contributed by atoms with van der Waals surface area (Å²) in [6.07, 6.45) is 14.9. The number of carboxylic acids is 1. The highest BCUT2D eigenvalue weighted by Crippen LogP contribution is 2.75. The fraction of sp³-hybridized carbons (Fsp3) is 0.769. The van der Waals surface area contributed by atoms with Crippen molar-refractivity contribution in [1.29, 1.82) is 0 Å². The number of ketones is 1. The molecular weight excluding hydrogens is 564 g/mol. The molecule has 6 aliphatic rings. The van der Waals surface area contributed by atoms with Crippen molar-refractivity contribution in [1.82, 2.24) is 0 Å². The zero-order valence-electron chi connectivity index (χ0n) is 28.7. The Morgan fingerprint density at radius 2 is 1.71 bits per heavy atom. The molecule has 4 unspecified atom stereocenters. The molecule has 6 heteroatoms. The number of aliphatic hydroxyl groups is 1. The van der Waals surface area contributed by atoms with Gasteiger partial charge in [-0.15, -0.1) is 0 Å². The van der Waals surface area contributed by atoms with Crippen molar-refractivity contribution in [3.8, 4) is 0 Å². The highest BCUT2D eigenvalue weighted by atomic mass is 16.5. The van der Waals surface area contributed by atoms with Crippen LogP contribution in [0.2, 0.25) is 0 Å². The summed E-state index contributed by atoms with van der Waals surface area (Å²) in [5, 5.41) is 20.5. The van der Waals surface area contributed by atoms with E-state index in [1.807, 2.05) is 12.2 Å². The van der Waals surface area contributed by atoms with E-state index in [0.29, 0.717) is 49.9 Å². The average Bonchev–Trinajstić information content (AvgIpc) is 2.97. The van der Waals surface area contributed by atoms with Gasteiger partial charge in [-0.1, -0.05) is 70.9 Å². The highest BCUT2D eigenvalue weighted by molar-refractivity contribution is 5.96.